The highest BCUT2D eigenvalue weighted by Gasteiger charge is 2.21. The van der Waals surface area contributed by atoms with Gasteiger partial charge in [0.2, 0.25) is 0 Å². The average molecular weight is 367 g/mol. The highest BCUT2D eigenvalue weighted by atomic mass is 16.5. The van der Waals surface area contributed by atoms with Crippen molar-refractivity contribution < 1.29 is 18.8 Å². The highest BCUT2D eigenvalue weighted by Crippen LogP contribution is 2.23. The Labute approximate surface area is 156 Å². The lowest BCUT2D eigenvalue weighted by Gasteiger charge is -2.15. The third kappa shape index (κ3) is 4.13. The highest BCUT2D eigenvalue weighted by molar-refractivity contribution is 5.94. The Morgan fingerprint density at radius 2 is 1.96 bits per heavy atom. The molecule has 3 aromatic rings. The second-order valence-electron chi connectivity index (χ2n) is 6.44. The zero-order valence-electron chi connectivity index (χ0n) is 15.7. The van der Waals surface area contributed by atoms with Gasteiger partial charge < -0.3 is 14.6 Å². The molecule has 0 aliphatic carbocycles. The summed E-state index contributed by atoms with van der Waals surface area (Å²) >= 11 is 0. The van der Waals surface area contributed by atoms with Crippen molar-refractivity contribution in [3.8, 4) is 0 Å². The maximum atomic E-state index is 12.4. The number of ether oxygens (including phenoxy) is 1. The van der Waals surface area contributed by atoms with E-state index >= 15 is 0 Å². The molecule has 0 aliphatic heterocycles. The molecule has 0 saturated carbocycles. The van der Waals surface area contributed by atoms with E-state index < -0.39 is 18.0 Å². The predicted octanol–water partition coefficient (Wildman–Crippen LogP) is 3.26. The van der Waals surface area contributed by atoms with Crippen LogP contribution in [0.2, 0.25) is 0 Å². The van der Waals surface area contributed by atoms with E-state index in [4.69, 9.17) is 9.26 Å². The van der Waals surface area contributed by atoms with Gasteiger partial charge in [-0.25, -0.2) is 0 Å². The van der Waals surface area contributed by atoms with E-state index in [9.17, 15) is 9.59 Å². The molecule has 27 heavy (non-hydrogen) atoms. The first kappa shape index (κ1) is 18.6. The van der Waals surface area contributed by atoms with Gasteiger partial charge in [0.25, 0.3) is 5.91 Å². The third-order valence-corrected chi connectivity index (χ3v) is 4.36. The molecule has 1 atom stereocenters. The Morgan fingerprint density at radius 3 is 2.67 bits per heavy atom. The summed E-state index contributed by atoms with van der Waals surface area (Å²) in [6.45, 7) is 7.06. The van der Waals surface area contributed by atoms with Crippen molar-refractivity contribution >= 4 is 28.6 Å². The number of hydrogen-bond donors (Lipinski definition) is 1. The number of anilines is 1. The SMILES string of the molecule is Cc1cc(NC(=O)[C@H](C)OC(=O)Cc2c(C)nc3ccccc3c2C)no1. The van der Waals surface area contributed by atoms with Crippen LogP contribution in [0.1, 0.15) is 29.5 Å². The molecule has 0 spiro atoms. The maximum Gasteiger partial charge on any atom is 0.311 e. The Balaban J connectivity index is 1.68. The fourth-order valence-electron chi connectivity index (χ4n) is 2.92. The molecule has 7 nitrogen and oxygen atoms in total. The van der Waals surface area contributed by atoms with Crippen LogP contribution in [-0.4, -0.2) is 28.1 Å². The number of amides is 1. The number of carbonyl (C=O) groups is 2. The molecule has 0 aliphatic rings. The summed E-state index contributed by atoms with van der Waals surface area (Å²) in [5, 5.41) is 7.23. The number of hydrogen-bond acceptors (Lipinski definition) is 6. The number of pyridine rings is 1. The van der Waals surface area contributed by atoms with Gasteiger partial charge in [0, 0.05) is 17.1 Å². The molecule has 0 radical (unpaired) electrons. The van der Waals surface area contributed by atoms with Crippen LogP contribution in [-0.2, 0) is 20.7 Å². The summed E-state index contributed by atoms with van der Waals surface area (Å²) in [6.07, 6.45) is -0.903. The van der Waals surface area contributed by atoms with Crippen LogP contribution >= 0.6 is 0 Å². The number of fused-ring (bicyclic) bond motifs is 1. The molecule has 2 aromatic heterocycles. The zero-order valence-corrected chi connectivity index (χ0v) is 15.7. The van der Waals surface area contributed by atoms with Gasteiger partial charge in [0.1, 0.15) is 5.76 Å². The number of para-hydroxylation sites is 1. The minimum atomic E-state index is -0.955. The molecule has 1 amide bonds. The van der Waals surface area contributed by atoms with Crippen LogP contribution in [0.5, 0.6) is 0 Å². The first-order valence-electron chi connectivity index (χ1n) is 8.63. The average Bonchev–Trinajstić information content (AvgIpc) is 3.03. The van der Waals surface area contributed by atoms with Crippen molar-refractivity contribution in [1.82, 2.24) is 10.1 Å². The van der Waals surface area contributed by atoms with Crippen molar-refractivity contribution in [2.45, 2.75) is 40.2 Å². The van der Waals surface area contributed by atoms with Crippen molar-refractivity contribution in [3.05, 3.63) is 52.9 Å². The van der Waals surface area contributed by atoms with E-state index in [1.54, 1.807) is 13.0 Å². The van der Waals surface area contributed by atoms with Crippen LogP contribution < -0.4 is 5.32 Å². The van der Waals surface area contributed by atoms with E-state index in [2.05, 4.69) is 15.5 Å². The normalized spacial score (nSPS) is 12.0. The van der Waals surface area contributed by atoms with Crippen molar-refractivity contribution in [2.75, 3.05) is 5.32 Å². The summed E-state index contributed by atoms with van der Waals surface area (Å²) in [6, 6.07) is 9.36. The number of nitrogens with one attached hydrogen (secondary N) is 1. The zero-order chi connectivity index (χ0) is 19.6. The molecule has 0 bridgehead atoms. The Kier molecular flexibility index (Phi) is 5.21. The molecule has 0 saturated heterocycles. The van der Waals surface area contributed by atoms with E-state index in [1.807, 2.05) is 38.1 Å². The monoisotopic (exact) mass is 367 g/mol. The second-order valence-corrected chi connectivity index (χ2v) is 6.44. The standard InChI is InChI=1S/C20H21N3O4/c1-11-9-18(23-27-11)22-20(25)14(4)26-19(24)10-16-12(2)15-7-5-6-8-17(15)21-13(16)3/h5-9,14H,10H2,1-4H3,(H,22,23,25)/t14-/m0/s1. The van der Waals surface area contributed by atoms with Crippen LogP contribution in [0.15, 0.2) is 34.9 Å². The lowest BCUT2D eigenvalue weighted by molar-refractivity contribution is -0.152. The largest absolute Gasteiger partial charge is 0.452 e. The number of rotatable bonds is 5. The number of nitrogens with zero attached hydrogens (tertiary/aromatic N) is 2. The van der Waals surface area contributed by atoms with Crippen LogP contribution in [0.3, 0.4) is 0 Å². The van der Waals surface area contributed by atoms with E-state index in [0.717, 1.165) is 27.7 Å². The van der Waals surface area contributed by atoms with Crippen molar-refractivity contribution in [3.63, 3.8) is 0 Å². The van der Waals surface area contributed by atoms with Gasteiger partial charge in [-0.15, -0.1) is 0 Å². The lowest BCUT2D eigenvalue weighted by atomic mass is 10.00. The summed E-state index contributed by atoms with van der Waals surface area (Å²) in [5.74, 6) is -0.102. The molecule has 0 unspecified atom stereocenters. The van der Waals surface area contributed by atoms with Gasteiger partial charge in [-0.3, -0.25) is 14.6 Å². The predicted molar refractivity (Wildman–Crippen MR) is 100 cm³/mol. The molecule has 140 valence electrons. The molecule has 0 fully saturated rings. The molecule has 1 aromatic carbocycles. The number of esters is 1. The van der Waals surface area contributed by atoms with Gasteiger partial charge in [-0.2, -0.15) is 0 Å². The maximum absolute atomic E-state index is 12.4. The van der Waals surface area contributed by atoms with Crippen molar-refractivity contribution in [2.24, 2.45) is 0 Å². The lowest BCUT2D eigenvalue weighted by Crippen LogP contribution is -2.30. The van der Waals surface area contributed by atoms with Gasteiger partial charge in [-0.05, 0) is 44.9 Å². The number of carbonyl (C=O) groups excluding carboxylic acids is 2. The second kappa shape index (κ2) is 7.57. The Hall–Kier alpha value is -3.22. The van der Waals surface area contributed by atoms with Gasteiger partial charge in [0.15, 0.2) is 11.9 Å². The topological polar surface area (TPSA) is 94.3 Å². The smallest absolute Gasteiger partial charge is 0.311 e. The summed E-state index contributed by atoms with van der Waals surface area (Å²) < 4.78 is 10.2. The minimum absolute atomic E-state index is 0.0518. The number of benzene rings is 1. The van der Waals surface area contributed by atoms with Gasteiger partial charge >= 0.3 is 5.97 Å². The molecular formula is C20H21N3O4. The molecular weight excluding hydrogens is 346 g/mol. The minimum Gasteiger partial charge on any atom is -0.452 e. The number of aromatic nitrogens is 2. The molecule has 3 rings (SSSR count). The molecule has 1 N–H and O–H groups in total. The van der Waals surface area contributed by atoms with Crippen molar-refractivity contribution in [1.29, 1.82) is 0 Å². The van der Waals surface area contributed by atoms with E-state index in [1.165, 1.54) is 6.92 Å². The molecule has 2 heterocycles. The van der Waals surface area contributed by atoms with Gasteiger partial charge in [0.05, 0.1) is 11.9 Å². The first-order valence-corrected chi connectivity index (χ1v) is 8.63. The Bertz CT molecular complexity index is 1010. The molecule has 7 heteroatoms. The van der Waals surface area contributed by atoms with Crippen LogP contribution in [0, 0.1) is 20.8 Å². The summed E-state index contributed by atoms with van der Waals surface area (Å²) in [4.78, 5) is 29.1. The summed E-state index contributed by atoms with van der Waals surface area (Å²) in [7, 11) is 0. The first-order chi connectivity index (χ1) is 12.8. The summed E-state index contributed by atoms with van der Waals surface area (Å²) in [5.41, 5.74) is 3.47. The fourth-order valence-corrected chi connectivity index (χ4v) is 2.92. The van der Waals surface area contributed by atoms with E-state index in [0.29, 0.717) is 5.76 Å². The quantitative estimate of drug-likeness (QED) is 0.696. The Morgan fingerprint density at radius 1 is 1.22 bits per heavy atom. The van der Waals surface area contributed by atoms with Crippen LogP contribution in [0.25, 0.3) is 10.9 Å². The third-order valence-electron chi connectivity index (χ3n) is 4.36. The number of aryl methyl sites for hydroxylation is 3. The van der Waals surface area contributed by atoms with Crippen LogP contribution in [0.4, 0.5) is 5.82 Å². The fraction of sp³-hybridized carbons (Fsp3) is 0.300. The van der Waals surface area contributed by atoms with E-state index in [-0.39, 0.29) is 12.2 Å². The van der Waals surface area contributed by atoms with Gasteiger partial charge in [-0.1, -0.05) is 23.4 Å².